The SMILES string of the molecule is COc1ccc(OCC(=O)N2CC(C(=O)O)C2)cc1. The van der Waals surface area contributed by atoms with Gasteiger partial charge in [-0.15, -0.1) is 0 Å². The van der Waals surface area contributed by atoms with Gasteiger partial charge in [-0.1, -0.05) is 0 Å². The van der Waals surface area contributed by atoms with Gasteiger partial charge in [0, 0.05) is 13.1 Å². The number of nitrogens with zero attached hydrogens (tertiary/aromatic N) is 1. The fourth-order valence-corrected chi connectivity index (χ4v) is 1.75. The summed E-state index contributed by atoms with van der Waals surface area (Å²) in [6.07, 6.45) is 0. The van der Waals surface area contributed by atoms with Gasteiger partial charge in [-0.3, -0.25) is 9.59 Å². The number of ether oxygens (including phenoxy) is 2. The normalized spacial score (nSPS) is 14.7. The number of likely N-dealkylation sites (tertiary alicyclic amines) is 1. The van der Waals surface area contributed by atoms with E-state index in [0.29, 0.717) is 11.5 Å². The standard InChI is InChI=1S/C13H15NO5/c1-18-10-2-4-11(5-3-10)19-8-12(15)14-6-9(7-14)13(16)17/h2-5,9H,6-8H2,1H3,(H,16,17). The molecule has 0 bridgehead atoms. The summed E-state index contributed by atoms with van der Waals surface area (Å²) in [4.78, 5) is 23.8. The maximum absolute atomic E-state index is 11.7. The second-order valence-corrected chi connectivity index (χ2v) is 4.30. The lowest BCUT2D eigenvalue weighted by molar-refractivity contribution is -0.153. The molecule has 1 N–H and O–H groups in total. The zero-order valence-electron chi connectivity index (χ0n) is 10.5. The number of carbonyl (C=O) groups is 2. The Labute approximate surface area is 110 Å². The number of benzene rings is 1. The molecule has 0 aliphatic carbocycles. The van der Waals surface area contributed by atoms with Gasteiger partial charge in [0.15, 0.2) is 6.61 Å². The lowest BCUT2D eigenvalue weighted by atomic mass is 10.0. The Morgan fingerprint density at radius 3 is 2.37 bits per heavy atom. The van der Waals surface area contributed by atoms with Crippen LogP contribution in [0.2, 0.25) is 0 Å². The van der Waals surface area contributed by atoms with Gasteiger partial charge in [-0.05, 0) is 24.3 Å². The molecule has 0 radical (unpaired) electrons. The van der Waals surface area contributed by atoms with Gasteiger partial charge in [0.05, 0.1) is 13.0 Å². The van der Waals surface area contributed by atoms with E-state index in [-0.39, 0.29) is 25.6 Å². The molecular weight excluding hydrogens is 250 g/mol. The summed E-state index contributed by atoms with van der Waals surface area (Å²) in [6.45, 7) is 0.443. The number of aliphatic carboxylic acids is 1. The van der Waals surface area contributed by atoms with Gasteiger partial charge in [0.25, 0.3) is 5.91 Å². The van der Waals surface area contributed by atoms with Crippen molar-refractivity contribution in [1.29, 1.82) is 0 Å². The monoisotopic (exact) mass is 265 g/mol. The smallest absolute Gasteiger partial charge is 0.310 e. The number of hydrogen-bond donors (Lipinski definition) is 1. The number of methoxy groups -OCH3 is 1. The molecule has 1 fully saturated rings. The van der Waals surface area contributed by atoms with Crippen molar-refractivity contribution in [3.05, 3.63) is 24.3 Å². The molecule has 0 spiro atoms. The first-order valence-electron chi connectivity index (χ1n) is 5.87. The van der Waals surface area contributed by atoms with E-state index in [1.165, 1.54) is 4.90 Å². The third-order valence-corrected chi connectivity index (χ3v) is 3.01. The van der Waals surface area contributed by atoms with Crippen LogP contribution in [0, 0.1) is 5.92 Å². The van der Waals surface area contributed by atoms with Crippen LogP contribution in [0.1, 0.15) is 0 Å². The van der Waals surface area contributed by atoms with Crippen LogP contribution in [0.25, 0.3) is 0 Å². The predicted octanol–water partition coefficient (Wildman–Crippen LogP) is 0.617. The topological polar surface area (TPSA) is 76.1 Å². The van der Waals surface area contributed by atoms with Crippen molar-refractivity contribution in [3.63, 3.8) is 0 Å². The van der Waals surface area contributed by atoms with Gasteiger partial charge >= 0.3 is 5.97 Å². The van der Waals surface area contributed by atoms with E-state index < -0.39 is 11.9 Å². The van der Waals surface area contributed by atoms with Gasteiger partial charge < -0.3 is 19.5 Å². The van der Waals surface area contributed by atoms with Crippen LogP contribution in [0.4, 0.5) is 0 Å². The molecule has 102 valence electrons. The fourth-order valence-electron chi connectivity index (χ4n) is 1.75. The van der Waals surface area contributed by atoms with Crippen LogP contribution < -0.4 is 9.47 Å². The van der Waals surface area contributed by atoms with E-state index in [0.717, 1.165) is 0 Å². The zero-order valence-corrected chi connectivity index (χ0v) is 10.5. The highest BCUT2D eigenvalue weighted by atomic mass is 16.5. The Balaban J connectivity index is 1.76. The molecule has 6 nitrogen and oxygen atoms in total. The summed E-state index contributed by atoms with van der Waals surface area (Å²) in [7, 11) is 1.57. The Morgan fingerprint density at radius 2 is 1.84 bits per heavy atom. The molecule has 1 aromatic carbocycles. The molecule has 19 heavy (non-hydrogen) atoms. The van der Waals surface area contributed by atoms with Crippen LogP contribution in [-0.2, 0) is 9.59 Å². The largest absolute Gasteiger partial charge is 0.497 e. The summed E-state index contributed by atoms with van der Waals surface area (Å²) >= 11 is 0. The highest BCUT2D eigenvalue weighted by Crippen LogP contribution is 2.18. The van der Waals surface area contributed by atoms with Gasteiger partial charge in [-0.25, -0.2) is 0 Å². The Kier molecular flexibility index (Phi) is 3.89. The molecule has 1 amide bonds. The number of rotatable bonds is 5. The second kappa shape index (κ2) is 5.60. The quantitative estimate of drug-likeness (QED) is 0.844. The minimum Gasteiger partial charge on any atom is -0.497 e. The highest BCUT2D eigenvalue weighted by molar-refractivity contribution is 5.82. The van der Waals surface area contributed by atoms with E-state index in [2.05, 4.69) is 0 Å². The van der Waals surface area contributed by atoms with Crippen molar-refractivity contribution in [3.8, 4) is 11.5 Å². The van der Waals surface area contributed by atoms with Gasteiger partial charge in [0.2, 0.25) is 0 Å². The van der Waals surface area contributed by atoms with Crippen LogP contribution in [0.5, 0.6) is 11.5 Å². The molecule has 1 saturated heterocycles. The van der Waals surface area contributed by atoms with Crippen molar-refractivity contribution >= 4 is 11.9 Å². The molecule has 2 rings (SSSR count). The molecule has 0 saturated carbocycles. The number of carboxylic acids is 1. The first-order chi connectivity index (χ1) is 9.10. The van der Waals surface area contributed by atoms with Crippen molar-refractivity contribution in [2.75, 3.05) is 26.8 Å². The van der Waals surface area contributed by atoms with Crippen molar-refractivity contribution in [1.82, 2.24) is 4.90 Å². The summed E-state index contributed by atoms with van der Waals surface area (Å²) < 4.78 is 10.3. The van der Waals surface area contributed by atoms with E-state index in [9.17, 15) is 9.59 Å². The predicted molar refractivity (Wildman–Crippen MR) is 66.2 cm³/mol. The summed E-state index contributed by atoms with van der Waals surface area (Å²) in [5, 5.41) is 8.71. The van der Waals surface area contributed by atoms with Gasteiger partial charge in [-0.2, -0.15) is 0 Å². The summed E-state index contributed by atoms with van der Waals surface area (Å²) in [5.74, 6) is -0.214. The second-order valence-electron chi connectivity index (χ2n) is 4.30. The van der Waals surface area contributed by atoms with Crippen molar-refractivity contribution in [2.45, 2.75) is 0 Å². The van der Waals surface area contributed by atoms with E-state index >= 15 is 0 Å². The van der Waals surface area contributed by atoms with Crippen molar-refractivity contribution in [2.24, 2.45) is 5.92 Å². The molecule has 1 heterocycles. The molecule has 1 aliphatic heterocycles. The third kappa shape index (κ3) is 3.15. The summed E-state index contributed by atoms with van der Waals surface area (Å²) in [5.41, 5.74) is 0. The average Bonchev–Trinajstić information content (AvgIpc) is 2.34. The minimum atomic E-state index is -0.861. The fraction of sp³-hybridized carbons (Fsp3) is 0.385. The average molecular weight is 265 g/mol. The molecular formula is C13H15NO5. The highest BCUT2D eigenvalue weighted by Gasteiger charge is 2.35. The van der Waals surface area contributed by atoms with Crippen LogP contribution >= 0.6 is 0 Å². The maximum Gasteiger partial charge on any atom is 0.310 e. The van der Waals surface area contributed by atoms with Crippen LogP contribution in [-0.4, -0.2) is 48.7 Å². The number of carboxylic acid groups (broad SMARTS) is 1. The van der Waals surface area contributed by atoms with E-state index in [4.69, 9.17) is 14.6 Å². The Morgan fingerprint density at radius 1 is 1.26 bits per heavy atom. The lowest BCUT2D eigenvalue weighted by Crippen LogP contribution is -2.54. The Hall–Kier alpha value is -2.24. The first kappa shape index (κ1) is 13.2. The molecule has 6 heteroatoms. The third-order valence-electron chi connectivity index (χ3n) is 3.01. The van der Waals surface area contributed by atoms with E-state index in [1.807, 2.05) is 0 Å². The minimum absolute atomic E-state index is 0.0847. The molecule has 1 aliphatic rings. The van der Waals surface area contributed by atoms with Gasteiger partial charge in [0.1, 0.15) is 11.5 Å². The first-order valence-corrected chi connectivity index (χ1v) is 5.87. The number of carbonyl (C=O) groups excluding carboxylic acids is 1. The van der Waals surface area contributed by atoms with Crippen molar-refractivity contribution < 1.29 is 24.2 Å². The van der Waals surface area contributed by atoms with E-state index in [1.54, 1.807) is 31.4 Å². The van der Waals surface area contributed by atoms with Crippen LogP contribution in [0.15, 0.2) is 24.3 Å². The summed E-state index contributed by atoms with van der Waals surface area (Å²) in [6, 6.07) is 6.90. The molecule has 0 aromatic heterocycles. The lowest BCUT2D eigenvalue weighted by Gasteiger charge is -2.36. The molecule has 1 aromatic rings. The Bertz CT molecular complexity index is 464. The maximum atomic E-state index is 11.7. The van der Waals surface area contributed by atoms with Crippen LogP contribution in [0.3, 0.4) is 0 Å². The zero-order chi connectivity index (χ0) is 13.8. The molecule has 0 atom stereocenters. The molecule has 0 unspecified atom stereocenters. The number of amides is 1. The number of hydrogen-bond acceptors (Lipinski definition) is 4.